The molecule has 0 bridgehead atoms. The van der Waals surface area contributed by atoms with Crippen LogP contribution >= 0.6 is 0 Å². The van der Waals surface area contributed by atoms with Crippen molar-refractivity contribution in [1.82, 2.24) is 10.2 Å². The summed E-state index contributed by atoms with van der Waals surface area (Å²) < 4.78 is 31.5. The molecule has 6 heteroatoms. The molecular formula is C14H18F2N2O2. The Bertz CT molecular complexity index is 496. The Kier molecular flexibility index (Phi) is 4.67. The van der Waals surface area contributed by atoms with Gasteiger partial charge in [-0.3, -0.25) is 10.1 Å². The number of rotatable bonds is 5. The number of benzene rings is 1. The van der Waals surface area contributed by atoms with Crippen LogP contribution in [0, 0.1) is 11.6 Å². The van der Waals surface area contributed by atoms with Gasteiger partial charge in [-0.2, -0.15) is 0 Å². The van der Waals surface area contributed by atoms with E-state index in [4.69, 9.17) is 4.74 Å². The highest BCUT2D eigenvalue weighted by Gasteiger charge is 2.36. The lowest BCUT2D eigenvalue weighted by Crippen LogP contribution is -2.42. The van der Waals surface area contributed by atoms with E-state index >= 15 is 0 Å². The predicted molar refractivity (Wildman–Crippen MR) is 69.9 cm³/mol. The minimum absolute atomic E-state index is 0.0661. The zero-order chi connectivity index (χ0) is 14.7. The predicted octanol–water partition coefficient (Wildman–Crippen LogP) is 1.82. The normalized spacial score (nSPS) is 20.5. The fourth-order valence-electron chi connectivity index (χ4n) is 2.48. The fourth-order valence-corrected chi connectivity index (χ4v) is 2.48. The van der Waals surface area contributed by atoms with E-state index in [1.165, 1.54) is 6.07 Å². The maximum atomic E-state index is 13.4. The Morgan fingerprint density at radius 3 is 2.80 bits per heavy atom. The molecule has 1 aliphatic heterocycles. The minimum Gasteiger partial charge on any atom is -0.383 e. The second kappa shape index (κ2) is 6.28. The number of amides is 1. The molecule has 0 aromatic heterocycles. The van der Waals surface area contributed by atoms with Crippen molar-refractivity contribution in [3.05, 3.63) is 35.4 Å². The molecule has 1 aromatic rings. The molecule has 1 N–H and O–H groups in total. The summed E-state index contributed by atoms with van der Waals surface area (Å²) in [7, 11) is 1.57. The Morgan fingerprint density at radius 1 is 1.45 bits per heavy atom. The number of carbonyl (C=O) groups excluding carboxylic acids is 1. The zero-order valence-electron chi connectivity index (χ0n) is 11.5. The average Bonchev–Trinajstić information content (AvgIpc) is 2.81. The van der Waals surface area contributed by atoms with E-state index in [1.54, 1.807) is 12.0 Å². The van der Waals surface area contributed by atoms with Gasteiger partial charge < -0.3 is 9.64 Å². The monoisotopic (exact) mass is 284 g/mol. The number of ether oxygens (including phenoxy) is 1. The summed E-state index contributed by atoms with van der Waals surface area (Å²) in [6.45, 7) is 2.55. The third-order valence-electron chi connectivity index (χ3n) is 3.50. The van der Waals surface area contributed by atoms with Crippen molar-refractivity contribution in [2.24, 2.45) is 0 Å². The van der Waals surface area contributed by atoms with Crippen LogP contribution in [0.2, 0.25) is 0 Å². The van der Waals surface area contributed by atoms with E-state index in [2.05, 4.69) is 5.32 Å². The van der Waals surface area contributed by atoms with Gasteiger partial charge in [0, 0.05) is 7.11 Å². The Hall–Kier alpha value is -1.53. The number of hydrogen-bond donors (Lipinski definition) is 1. The molecule has 1 heterocycles. The maximum absolute atomic E-state index is 13.4. The number of carbonyl (C=O) groups is 1. The lowest BCUT2D eigenvalue weighted by Gasteiger charge is -2.32. The molecule has 2 unspecified atom stereocenters. The first-order valence-corrected chi connectivity index (χ1v) is 6.57. The number of nitrogens with one attached hydrogen (secondary N) is 1. The van der Waals surface area contributed by atoms with Crippen molar-refractivity contribution in [2.45, 2.75) is 25.6 Å². The van der Waals surface area contributed by atoms with E-state index < -0.39 is 17.8 Å². The Labute approximate surface area is 116 Å². The van der Waals surface area contributed by atoms with Crippen molar-refractivity contribution in [1.29, 1.82) is 0 Å². The highest BCUT2D eigenvalue weighted by Crippen LogP contribution is 2.27. The fraction of sp³-hybridized carbons (Fsp3) is 0.500. The van der Waals surface area contributed by atoms with Gasteiger partial charge in [-0.05, 0) is 24.1 Å². The summed E-state index contributed by atoms with van der Waals surface area (Å²) in [5.41, 5.74) is 0.532. The van der Waals surface area contributed by atoms with Crippen molar-refractivity contribution < 1.29 is 18.3 Å². The molecule has 1 saturated heterocycles. The molecule has 1 fully saturated rings. The van der Waals surface area contributed by atoms with Crippen molar-refractivity contribution in [2.75, 3.05) is 20.3 Å². The summed E-state index contributed by atoms with van der Waals surface area (Å²) >= 11 is 0. The molecular weight excluding hydrogens is 266 g/mol. The van der Waals surface area contributed by atoms with Crippen LogP contribution in [-0.4, -0.2) is 37.1 Å². The molecule has 2 rings (SSSR count). The van der Waals surface area contributed by atoms with Gasteiger partial charge in [-0.15, -0.1) is 0 Å². The first-order valence-electron chi connectivity index (χ1n) is 6.57. The van der Waals surface area contributed by atoms with Gasteiger partial charge in [0.15, 0.2) is 11.6 Å². The highest BCUT2D eigenvalue weighted by molar-refractivity contribution is 5.81. The van der Waals surface area contributed by atoms with Gasteiger partial charge in [-0.25, -0.2) is 8.78 Å². The van der Waals surface area contributed by atoms with Crippen LogP contribution in [-0.2, 0) is 9.53 Å². The topological polar surface area (TPSA) is 41.6 Å². The van der Waals surface area contributed by atoms with Crippen LogP contribution in [0.3, 0.4) is 0 Å². The Morgan fingerprint density at radius 2 is 2.20 bits per heavy atom. The van der Waals surface area contributed by atoms with Gasteiger partial charge in [0.25, 0.3) is 0 Å². The van der Waals surface area contributed by atoms with E-state index in [1.807, 2.05) is 6.92 Å². The average molecular weight is 284 g/mol. The molecule has 110 valence electrons. The maximum Gasteiger partial charge on any atom is 0.238 e. The summed E-state index contributed by atoms with van der Waals surface area (Å²) in [4.78, 5) is 13.7. The number of methoxy groups -OCH3 is 1. The summed E-state index contributed by atoms with van der Waals surface area (Å²) in [5, 5.41) is 3.02. The molecule has 0 radical (unpaired) electrons. The van der Waals surface area contributed by atoms with Crippen LogP contribution in [0.5, 0.6) is 0 Å². The highest BCUT2D eigenvalue weighted by atomic mass is 19.2. The molecule has 0 aliphatic carbocycles. The number of halogens is 2. The third kappa shape index (κ3) is 2.81. The lowest BCUT2D eigenvalue weighted by molar-refractivity contribution is -0.131. The first kappa shape index (κ1) is 14.9. The van der Waals surface area contributed by atoms with E-state index in [0.717, 1.165) is 18.6 Å². The SMILES string of the molecule is CCC(COC)N1C(=O)CNC1c1ccc(F)c(F)c1. The summed E-state index contributed by atoms with van der Waals surface area (Å²) in [6, 6.07) is 3.59. The molecule has 0 saturated carbocycles. The van der Waals surface area contributed by atoms with Gasteiger partial charge in [0.05, 0.1) is 19.2 Å². The number of hydrogen-bond acceptors (Lipinski definition) is 3. The minimum atomic E-state index is -0.914. The Balaban J connectivity index is 2.29. The largest absolute Gasteiger partial charge is 0.383 e. The first-order chi connectivity index (χ1) is 9.58. The summed E-state index contributed by atoms with van der Waals surface area (Å²) in [5.74, 6) is -1.87. The molecule has 0 spiro atoms. The van der Waals surface area contributed by atoms with Gasteiger partial charge >= 0.3 is 0 Å². The summed E-state index contributed by atoms with van der Waals surface area (Å²) in [6.07, 6.45) is 0.277. The van der Waals surface area contributed by atoms with Gasteiger partial charge in [0.1, 0.15) is 6.17 Å². The second-order valence-corrected chi connectivity index (χ2v) is 4.78. The molecule has 20 heavy (non-hydrogen) atoms. The molecule has 4 nitrogen and oxygen atoms in total. The standard InChI is InChI=1S/C14H18F2N2O2/c1-3-10(8-20-2)18-13(19)7-17-14(18)9-4-5-11(15)12(16)6-9/h4-6,10,14,17H,3,7-8H2,1-2H3. The quantitative estimate of drug-likeness (QED) is 0.896. The third-order valence-corrected chi connectivity index (χ3v) is 3.50. The smallest absolute Gasteiger partial charge is 0.238 e. The van der Waals surface area contributed by atoms with Crippen LogP contribution in [0.15, 0.2) is 18.2 Å². The van der Waals surface area contributed by atoms with Crippen LogP contribution in [0.1, 0.15) is 25.1 Å². The van der Waals surface area contributed by atoms with Crippen molar-refractivity contribution in [3.63, 3.8) is 0 Å². The molecule has 1 aromatic carbocycles. The number of nitrogens with zero attached hydrogens (tertiary/aromatic N) is 1. The molecule has 1 aliphatic rings. The molecule has 2 atom stereocenters. The van der Waals surface area contributed by atoms with Crippen LogP contribution in [0.4, 0.5) is 8.78 Å². The molecule has 1 amide bonds. The van der Waals surface area contributed by atoms with Crippen molar-refractivity contribution in [3.8, 4) is 0 Å². The van der Waals surface area contributed by atoms with E-state index in [0.29, 0.717) is 12.2 Å². The van der Waals surface area contributed by atoms with Crippen molar-refractivity contribution >= 4 is 5.91 Å². The van der Waals surface area contributed by atoms with E-state index in [-0.39, 0.29) is 18.5 Å². The van der Waals surface area contributed by atoms with Gasteiger partial charge in [0.2, 0.25) is 5.91 Å². The zero-order valence-corrected chi connectivity index (χ0v) is 11.5. The van der Waals surface area contributed by atoms with Gasteiger partial charge in [-0.1, -0.05) is 13.0 Å². The van der Waals surface area contributed by atoms with E-state index in [9.17, 15) is 13.6 Å². The second-order valence-electron chi connectivity index (χ2n) is 4.78. The van der Waals surface area contributed by atoms with Crippen LogP contribution in [0.25, 0.3) is 0 Å². The van der Waals surface area contributed by atoms with Crippen LogP contribution < -0.4 is 5.32 Å². The lowest BCUT2D eigenvalue weighted by atomic mass is 10.1.